The molecule has 0 radical (unpaired) electrons. The average molecular weight is 438 g/mol. The number of fused-ring (bicyclic) bond motifs is 1. The summed E-state index contributed by atoms with van der Waals surface area (Å²) >= 11 is 0. The predicted octanol–water partition coefficient (Wildman–Crippen LogP) is 3.71. The molecule has 6 heteroatoms. The van der Waals surface area contributed by atoms with Gasteiger partial charge in [-0.05, 0) is 61.2 Å². The highest BCUT2D eigenvalue weighted by Gasteiger charge is 2.58. The van der Waals surface area contributed by atoms with Crippen LogP contribution in [0, 0.1) is 19.3 Å². The molecule has 0 aromatic heterocycles. The van der Waals surface area contributed by atoms with Crippen molar-refractivity contribution in [2.45, 2.75) is 46.7 Å². The molecule has 2 aliphatic rings. The minimum absolute atomic E-state index is 0.0814. The first-order valence-electron chi connectivity index (χ1n) is 11.4. The Morgan fingerprint density at radius 1 is 1.06 bits per heavy atom. The number of hydrogen-bond acceptors (Lipinski definition) is 5. The predicted molar refractivity (Wildman–Crippen MR) is 127 cm³/mol. The van der Waals surface area contributed by atoms with E-state index in [-0.39, 0.29) is 11.3 Å². The number of hydrogen-bond donors (Lipinski definition) is 2. The molecule has 1 saturated heterocycles. The number of aromatic hydroxyl groups is 1. The SMILES string of the molecule is COc1ccc(N2CCN(C3(NC(C)=O)c4c(O)c(C)cc(C)c4CC3(C)C)CC2)cc1. The lowest BCUT2D eigenvalue weighted by atomic mass is 9.77. The molecule has 1 heterocycles. The van der Waals surface area contributed by atoms with Gasteiger partial charge in [-0.2, -0.15) is 0 Å². The Hall–Kier alpha value is -2.73. The summed E-state index contributed by atoms with van der Waals surface area (Å²) in [6.45, 7) is 13.3. The molecular weight excluding hydrogens is 402 g/mol. The number of methoxy groups -OCH3 is 1. The van der Waals surface area contributed by atoms with E-state index in [1.165, 1.54) is 11.3 Å². The molecule has 2 N–H and O–H groups in total. The van der Waals surface area contributed by atoms with Crippen LogP contribution in [-0.2, 0) is 16.9 Å². The van der Waals surface area contributed by atoms with Gasteiger partial charge in [0.1, 0.15) is 17.2 Å². The summed E-state index contributed by atoms with van der Waals surface area (Å²) in [5.74, 6) is 1.08. The van der Waals surface area contributed by atoms with E-state index in [1.807, 2.05) is 19.1 Å². The summed E-state index contributed by atoms with van der Waals surface area (Å²) < 4.78 is 5.29. The van der Waals surface area contributed by atoms with Crippen molar-refractivity contribution in [2.24, 2.45) is 5.41 Å². The third kappa shape index (κ3) is 3.41. The first-order valence-corrected chi connectivity index (χ1v) is 11.4. The van der Waals surface area contributed by atoms with Gasteiger partial charge in [-0.15, -0.1) is 0 Å². The zero-order chi connectivity index (χ0) is 23.3. The number of aryl methyl sites for hydroxylation is 2. The van der Waals surface area contributed by atoms with Crippen LogP contribution >= 0.6 is 0 Å². The maximum Gasteiger partial charge on any atom is 0.218 e. The van der Waals surface area contributed by atoms with Crippen molar-refractivity contribution in [3.05, 3.63) is 52.6 Å². The highest BCUT2D eigenvalue weighted by molar-refractivity contribution is 5.75. The number of carbonyl (C=O) groups excluding carboxylic acids is 1. The minimum Gasteiger partial charge on any atom is -0.507 e. The van der Waals surface area contributed by atoms with Crippen LogP contribution in [0.15, 0.2) is 30.3 Å². The molecule has 1 amide bonds. The molecule has 0 saturated carbocycles. The first-order chi connectivity index (χ1) is 15.1. The largest absolute Gasteiger partial charge is 0.507 e. The Balaban J connectivity index is 1.72. The maximum atomic E-state index is 12.5. The summed E-state index contributed by atoms with van der Waals surface area (Å²) in [5, 5.41) is 14.6. The number of benzene rings is 2. The van der Waals surface area contributed by atoms with Crippen LogP contribution in [0.3, 0.4) is 0 Å². The Bertz CT molecular complexity index is 1020. The second-order valence-electron chi connectivity index (χ2n) is 9.84. The number of carbonyl (C=O) groups is 1. The van der Waals surface area contributed by atoms with Crippen LogP contribution in [0.2, 0.25) is 0 Å². The average Bonchev–Trinajstić information content (AvgIpc) is 3.00. The van der Waals surface area contributed by atoms with Gasteiger partial charge in [-0.25, -0.2) is 0 Å². The standard InChI is InChI=1S/C26H35N3O3/c1-17-15-18(2)24(31)23-22(17)16-25(4,5)26(23,27-19(3)30)29-13-11-28(12-14-29)20-7-9-21(32-6)10-8-20/h7-10,15,31H,11-14,16H2,1-6H3,(H,27,30). The molecule has 2 aromatic carbocycles. The van der Waals surface area contributed by atoms with Crippen molar-refractivity contribution in [3.8, 4) is 11.5 Å². The zero-order valence-corrected chi connectivity index (χ0v) is 20.1. The van der Waals surface area contributed by atoms with E-state index in [2.05, 4.69) is 54.1 Å². The summed E-state index contributed by atoms with van der Waals surface area (Å²) in [7, 11) is 1.68. The molecule has 2 aromatic rings. The van der Waals surface area contributed by atoms with Crippen molar-refractivity contribution < 1.29 is 14.6 Å². The Morgan fingerprint density at radius 2 is 1.69 bits per heavy atom. The molecule has 1 unspecified atom stereocenters. The number of piperazine rings is 1. The molecule has 1 aliphatic carbocycles. The number of phenols is 1. The van der Waals surface area contributed by atoms with E-state index in [0.29, 0.717) is 5.75 Å². The third-order valence-electron chi connectivity index (χ3n) is 7.33. The Kier molecular flexibility index (Phi) is 5.61. The van der Waals surface area contributed by atoms with Gasteiger partial charge in [-0.3, -0.25) is 9.69 Å². The van der Waals surface area contributed by atoms with Crippen LogP contribution < -0.4 is 15.0 Å². The molecule has 32 heavy (non-hydrogen) atoms. The van der Waals surface area contributed by atoms with Crippen molar-refractivity contribution in [1.82, 2.24) is 10.2 Å². The summed E-state index contributed by atoms with van der Waals surface area (Å²) in [6, 6.07) is 10.2. The van der Waals surface area contributed by atoms with E-state index in [1.54, 1.807) is 14.0 Å². The monoisotopic (exact) mass is 437 g/mol. The van der Waals surface area contributed by atoms with Gasteiger partial charge in [0.25, 0.3) is 0 Å². The van der Waals surface area contributed by atoms with Crippen LogP contribution in [0.1, 0.15) is 43.0 Å². The molecular formula is C26H35N3O3. The maximum absolute atomic E-state index is 12.5. The Labute approximate surface area is 191 Å². The Morgan fingerprint density at radius 3 is 2.25 bits per heavy atom. The summed E-state index contributed by atoms with van der Waals surface area (Å²) in [6.07, 6.45) is 0.807. The first kappa shape index (κ1) is 22.5. The number of rotatable bonds is 4. The van der Waals surface area contributed by atoms with E-state index < -0.39 is 5.66 Å². The lowest BCUT2D eigenvalue weighted by molar-refractivity contribution is -0.129. The van der Waals surface area contributed by atoms with Gasteiger partial charge in [0, 0.05) is 49.8 Å². The molecule has 6 nitrogen and oxygen atoms in total. The molecule has 0 bridgehead atoms. The molecule has 1 atom stereocenters. The molecule has 0 spiro atoms. The van der Waals surface area contributed by atoms with E-state index >= 15 is 0 Å². The van der Waals surface area contributed by atoms with Gasteiger partial charge < -0.3 is 20.1 Å². The highest BCUT2D eigenvalue weighted by atomic mass is 16.5. The van der Waals surface area contributed by atoms with Gasteiger partial charge in [0.05, 0.1) is 7.11 Å². The number of nitrogens with zero attached hydrogens (tertiary/aromatic N) is 2. The zero-order valence-electron chi connectivity index (χ0n) is 20.1. The lowest BCUT2D eigenvalue weighted by Gasteiger charge is -2.53. The smallest absolute Gasteiger partial charge is 0.218 e. The van der Waals surface area contributed by atoms with Gasteiger partial charge >= 0.3 is 0 Å². The third-order valence-corrected chi connectivity index (χ3v) is 7.33. The summed E-state index contributed by atoms with van der Waals surface area (Å²) in [4.78, 5) is 17.3. The van der Waals surface area contributed by atoms with Crippen molar-refractivity contribution in [1.29, 1.82) is 0 Å². The van der Waals surface area contributed by atoms with E-state index in [0.717, 1.165) is 55.0 Å². The number of phenolic OH excluding ortho intramolecular Hbond substituents is 1. The topological polar surface area (TPSA) is 65.0 Å². The fourth-order valence-electron chi connectivity index (χ4n) is 5.79. The number of ether oxygens (including phenoxy) is 1. The van der Waals surface area contributed by atoms with Gasteiger partial charge in [0.15, 0.2) is 0 Å². The molecule has 1 aliphatic heterocycles. The summed E-state index contributed by atoms with van der Waals surface area (Å²) in [5.41, 5.74) is 4.20. The number of amides is 1. The van der Waals surface area contributed by atoms with Crippen LogP contribution in [-0.4, -0.2) is 49.2 Å². The van der Waals surface area contributed by atoms with Gasteiger partial charge in [-0.1, -0.05) is 19.9 Å². The van der Waals surface area contributed by atoms with E-state index in [4.69, 9.17) is 4.74 Å². The number of anilines is 1. The van der Waals surface area contributed by atoms with Crippen LogP contribution in [0.25, 0.3) is 0 Å². The molecule has 4 rings (SSSR count). The van der Waals surface area contributed by atoms with Crippen molar-refractivity contribution in [3.63, 3.8) is 0 Å². The quantitative estimate of drug-likeness (QED) is 0.763. The minimum atomic E-state index is -0.749. The normalized spacial score (nSPS) is 22.5. The van der Waals surface area contributed by atoms with Crippen LogP contribution in [0.4, 0.5) is 5.69 Å². The number of nitrogens with one attached hydrogen (secondary N) is 1. The molecule has 1 fully saturated rings. The highest BCUT2D eigenvalue weighted by Crippen LogP contribution is 2.56. The van der Waals surface area contributed by atoms with Crippen molar-refractivity contribution in [2.75, 3.05) is 38.2 Å². The second-order valence-corrected chi connectivity index (χ2v) is 9.84. The van der Waals surface area contributed by atoms with E-state index in [9.17, 15) is 9.90 Å². The fourth-order valence-corrected chi connectivity index (χ4v) is 5.79. The second kappa shape index (κ2) is 8.00. The van der Waals surface area contributed by atoms with Gasteiger partial charge in [0.2, 0.25) is 5.91 Å². The molecule has 172 valence electrons. The van der Waals surface area contributed by atoms with Crippen LogP contribution in [0.5, 0.6) is 11.5 Å². The lowest BCUT2D eigenvalue weighted by Crippen LogP contribution is -2.67. The van der Waals surface area contributed by atoms with Crippen molar-refractivity contribution >= 4 is 11.6 Å². The fraction of sp³-hybridized carbons (Fsp3) is 0.500.